The third kappa shape index (κ3) is 4.81. The first-order valence-corrected chi connectivity index (χ1v) is 8.90. The van der Waals surface area contributed by atoms with E-state index in [4.69, 9.17) is 9.84 Å². The lowest BCUT2D eigenvalue weighted by molar-refractivity contribution is -0.142. The molecule has 1 atom stereocenters. The Morgan fingerprint density at radius 1 is 1.36 bits per heavy atom. The minimum Gasteiger partial charge on any atom is -0.481 e. The summed E-state index contributed by atoms with van der Waals surface area (Å²) in [7, 11) is 1.90. The molecule has 1 N–H and O–H groups in total. The van der Waals surface area contributed by atoms with Gasteiger partial charge in [0.25, 0.3) is 0 Å². The second-order valence-corrected chi connectivity index (χ2v) is 6.90. The Bertz CT molecular complexity index is 620. The molecule has 0 unspecified atom stereocenters. The van der Waals surface area contributed by atoms with Crippen LogP contribution >= 0.6 is 0 Å². The summed E-state index contributed by atoms with van der Waals surface area (Å²) < 4.78 is 7.22. The smallest absolute Gasteiger partial charge is 0.305 e. The number of hydrogen-bond donors (Lipinski definition) is 1. The Morgan fingerprint density at radius 3 is 2.52 bits per heavy atom. The molecule has 7 nitrogen and oxygen atoms in total. The standard InChI is InChI=1S/C18H29N3O4/c1-12(11-16-13(2)19-20(4)14(16)3)18(24)21(8-5-17(22)23)15-6-9-25-10-7-15/h12,15H,5-11H2,1-4H3,(H,22,23)/t12-/m0/s1. The number of carbonyl (C=O) groups excluding carboxylic acids is 1. The van der Waals surface area contributed by atoms with Gasteiger partial charge >= 0.3 is 5.97 Å². The molecular weight excluding hydrogens is 322 g/mol. The lowest BCUT2D eigenvalue weighted by Crippen LogP contribution is -2.46. The first-order chi connectivity index (χ1) is 11.8. The number of ether oxygens (including phenoxy) is 1. The van der Waals surface area contributed by atoms with Crippen LogP contribution in [0.4, 0.5) is 0 Å². The summed E-state index contributed by atoms with van der Waals surface area (Å²) in [6.45, 7) is 7.39. The first kappa shape index (κ1) is 19.4. The molecule has 1 fully saturated rings. The zero-order valence-electron chi connectivity index (χ0n) is 15.6. The minimum atomic E-state index is -0.878. The molecule has 0 aromatic carbocycles. The molecule has 0 saturated carbocycles. The van der Waals surface area contributed by atoms with Crippen LogP contribution in [-0.4, -0.2) is 57.5 Å². The Hall–Kier alpha value is -1.89. The maximum absolute atomic E-state index is 13.1. The molecule has 1 amide bonds. The number of carbonyl (C=O) groups is 2. The van der Waals surface area contributed by atoms with Gasteiger partial charge in [-0.3, -0.25) is 14.3 Å². The van der Waals surface area contributed by atoms with Gasteiger partial charge < -0.3 is 14.7 Å². The number of amides is 1. The number of carboxylic acid groups (broad SMARTS) is 1. The monoisotopic (exact) mass is 351 g/mol. The minimum absolute atomic E-state index is 0.0239. The molecule has 1 aromatic heterocycles. The van der Waals surface area contributed by atoms with Crippen molar-refractivity contribution in [2.45, 2.75) is 52.5 Å². The molecule has 7 heteroatoms. The molecular formula is C18H29N3O4. The topological polar surface area (TPSA) is 84.7 Å². The Labute approximate surface area is 148 Å². The summed E-state index contributed by atoms with van der Waals surface area (Å²) in [5.41, 5.74) is 3.12. The zero-order chi connectivity index (χ0) is 18.6. The van der Waals surface area contributed by atoms with Crippen LogP contribution in [0.15, 0.2) is 0 Å². The zero-order valence-corrected chi connectivity index (χ0v) is 15.6. The van der Waals surface area contributed by atoms with E-state index in [1.807, 2.05) is 32.5 Å². The van der Waals surface area contributed by atoms with Gasteiger partial charge in [0.1, 0.15) is 0 Å². The van der Waals surface area contributed by atoms with Crippen molar-refractivity contribution in [3.05, 3.63) is 17.0 Å². The molecule has 2 rings (SSSR count). The Morgan fingerprint density at radius 2 is 2.00 bits per heavy atom. The maximum atomic E-state index is 13.1. The predicted octanol–water partition coefficient (Wildman–Crippen LogP) is 1.70. The van der Waals surface area contributed by atoms with Crippen LogP contribution in [0.2, 0.25) is 0 Å². The molecule has 1 aliphatic heterocycles. The van der Waals surface area contributed by atoms with Crippen LogP contribution in [0, 0.1) is 19.8 Å². The normalized spacial score (nSPS) is 16.6. The number of aryl methyl sites for hydroxylation is 2. The van der Waals surface area contributed by atoms with Crippen LogP contribution in [0.3, 0.4) is 0 Å². The molecule has 0 radical (unpaired) electrons. The van der Waals surface area contributed by atoms with Gasteiger partial charge in [-0.1, -0.05) is 6.92 Å². The number of nitrogens with zero attached hydrogens (tertiary/aromatic N) is 3. The molecule has 0 aliphatic carbocycles. The highest BCUT2D eigenvalue weighted by Crippen LogP contribution is 2.22. The molecule has 2 heterocycles. The SMILES string of the molecule is Cc1nn(C)c(C)c1C[C@H](C)C(=O)N(CCC(=O)O)C1CCOCC1. The molecule has 140 valence electrons. The highest BCUT2D eigenvalue weighted by Gasteiger charge is 2.30. The van der Waals surface area contributed by atoms with Gasteiger partial charge in [-0.05, 0) is 38.7 Å². The molecule has 1 aromatic rings. The van der Waals surface area contributed by atoms with Gasteiger partial charge in [-0.2, -0.15) is 5.10 Å². The maximum Gasteiger partial charge on any atom is 0.305 e. The molecule has 1 aliphatic rings. The predicted molar refractivity (Wildman–Crippen MR) is 93.4 cm³/mol. The molecule has 0 bridgehead atoms. The summed E-state index contributed by atoms with van der Waals surface area (Å²) in [6.07, 6.45) is 2.13. The van der Waals surface area contributed by atoms with E-state index >= 15 is 0 Å². The van der Waals surface area contributed by atoms with Gasteiger partial charge in [-0.15, -0.1) is 0 Å². The van der Waals surface area contributed by atoms with E-state index in [0.717, 1.165) is 29.8 Å². The summed E-state index contributed by atoms with van der Waals surface area (Å²) in [4.78, 5) is 25.8. The van der Waals surface area contributed by atoms with Gasteiger partial charge in [0.2, 0.25) is 5.91 Å². The second-order valence-electron chi connectivity index (χ2n) is 6.90. The van der Waals surface area contributed by atoms with E-state index in [1.165, 1.54) is 0 Å². The third-order valence-electron chi connectivity index (χ3n) is 5.07. The van der Waals surface area contributed by atoms with Gasteiger partial charge in [0.05, 0.1) is 12.1 Å². The highest BCUT2D eigenvalue weighted by atomic mass is 16.5. The van der Waals surface area contributed by atoms with Crippen molar-refractivity contribution in [3.8, 4) is 0 Å². The number of hydrogen-bond acceptors (Lipinski definition) is 4. The summed E-state index contributed by atoms with van der Waals surface area (Å²) in [5, 5.41) is 13.4. The van der Waals surface area contributed by atoms with Crippen molar-refractivity contribution in [1.29, 1.82) is 0 Å². The summed E-state index contributed by atoms with van der Waals surface area (Å²) in [6, 6.07) is 0.0687. The Kier molecular flexibility index (Phi) is 6.58. The number of carboxylic acids is 1. The fourth-order valence-corrected chi connectivity index (χ4v) is 3.48. The van der Waals surface area contributed by atoms with Crippen LogP contribution < -0.4 is 0 Å². The molecule has 1 saturated heterocycles. The van der Waals surface area contributed by atoms with Crippen LogP contribution in [0.5, 0.6) is 0 Å². The van der Waals surface area contributed by atoms with Crippen molar-refractivity contribution >= 4 is 11.9 Å². The van der Waals surface area contributed by atoms with E-state index in [-0.39, 0.29) is 30.8 Å². The third-order valence-corrected chi connectivity index (χ3v) is 5.07. The van der Waals surface area contributed by atoms with Crippen molar-refractivity contribution < 1.29 is 19.4 Å². The first-order valence-electron chi connectivity index (χ1n) is 8.90. The van der Waals surface area contributed by atoms with Crippen molar-refractivity contribution in [1.82, 2.24) is 14.7 Å². The van der Waals surface area contributed by atoms with Gasteiger partial charge in [0.15, 0.2) is 0 Å². The fourth-order valence-electron chi connectivity index (χ4n) is 3.48. The largest absolute Gasteiger partial charge is 0.481 e. The van der Waals surface area contributed by atoms with Crippen LogP contribution in [0.1, 0.15) is 43.1 Å². The highest BCUT2D eigenvalue weighted by molar-refractivity contribution is 5.80. The van der Waals surface area contributed by atoms with Crippen molar-refractivity contribution in [3.63, 3.8) is 0 Å². The van der Waals surface area contributed by atoms with E-state index in [1.54, 1.807) is 4.90 Å². The lowest BCUT2D eigenvalue weighted by Gasteiger charge is -2.35. The van der Waals surface area contributed by atoms with E-state index < -0.39 is 5.97 Å². The molecule has 25 heavy (non-hydrogen) atoms. The summed E-state index contributed by atoms with van der Waals surface area (Å²) >= 11 is 0. The van der Waals surface area contributed by atoms with Gasteiger partial charge in [-0.25, -0.2) is 0 Å². The lowest BCUT2D eigenvalue weighted by atomic mass is 9.96. The number of aromatic nitrogens is 2. The van der Waals surface area contributed by atoms with Gasteiger partial charge in [0, 0.05) is 44.5 Å². The van der Waals surface area contributed by atoms with Crippen molar-refractivity contribution in [2.24, 2.45) is 13.0 Å². The Balaban J connectivity index is 2.11. The quantitative estimate of drug-likeness (QED) is 0.808. The number of aliphatic carboxylic acids is 1. The van der Waals surface area contributed by atoms with E-state index in [0.29, 0.717) is 19.6 Å². The number of rotatable bonds is 7. The van der Waals surface area contributed by atoms with Crippen LogP contribution in [0.25, 0.3) is 0 Å². The van der Waals surface area contributed by atoms with E-state index in [2.05, 4.69) is 5.10 Å². The van der Waals surface area contributed by atoms with Crippen molar-refractivity contribution in [2.75, 3.05) is 19.8 Å². The second kappa shape index (κ2) is 8.47. The molecule has 0 spiro atoms. The average molecular weight is 351 g/mol. The summed E-state index contributed by atoms with van der Waals surface area (Å²) in [5.74, 6) is -1.06. The van der Waals surface area contributed by atoms with Crippen LogP contribution in [-0.2, 0) is 27.8 Å². The fraction of sp³-hybridized carbons (Fsp3) is 0.722. The van der Waals surface area contributed by atoms with E-state index in [9.17, 15) is 9.59 Å². The average Bonchev–Trinajstić information content (AvgIpc) is 2.81.